The lowest BCUT2D eigenvalue weighted by molar-refractivity contribution is 0.590. The standard InChI is InChI=1S/C64H65BN2/c1-42-37-58-60-59(38-42)67(55-34-29-48(62(5,6)7)39-52(55)45-25-23-44(24-26-45)43-19-15-13-16-20-43)57-36-31-50(64(11,12)47-21-17-14-18-22-47)41-54(57)65(60)53-40-49(63(8,9)10)30-35-56(53)66(58)51-32-27-46(28-33-51)61(2,3)4/h13-41H,1-12H3. The van der Waals surface area contributed by atoms with E-state index in [-0.39, 0.29) is 28.4 Å². The van der Waals surface area contributed by atoms with Gasteiger partial charge in [-0.05, 0) is 138 Å². The van der Waals surface area contributed by atoms with E-state index in [1.165, 1.54) is 106 Å². The molecule has 2 aliphatic heterocycles. The van der Waals surface area contributed by atoms with Crippen molar-refractivity contribution in [2.75, 3.05) is 9.80 Å². The molecule has 8 aromatic carbocycles. The van der Waals surface area contributed by atoms with E-state index < -0.39 is 0 Å². The summed E-state index contributed by atoms with van der Waals surface area (Å²) in [6.07, 6.45) is 0. The molecule has 10 rings (SSSR count). The van der Waals surface area contributed by atoms with Crippen molar-refractivity contribution >= 4 is 57.2 Å². The smallest absolute Gasteiger partial charge is 0.252 e. The molecule has 0 atom stereocenters. The van der Waals surface area contributed by atoms with Gasteiger partial charge in [-0.2, -0.15) is 0 Å². The van der Waals surface area contributed by atoms with Gasteiger partial charge < -0.3 is 9.80 Å². The largest absolute Gasteiger partial charge is 0.311 e. The van der Waals surface area contributed by atoms with Crippen LogP contribution in [0.1, 0.15) is 110 Å². The number of nitrogens with zero attached hydrogens (tertiary/aromatic N) is 2. The zero-order valence-electron chi connectivity index (χ0n) is 41.7. The highest BCUT2D eigenvalue weighted by molar-refractivity contribution is 7.00. The Bertz CT molecular complexity index is 3140. The van der Waals surface area contributed by atoms with Crippen LogP contribution in [0.5, 0.6) is 0 Å². The van der Waals surface area contributed by atoms with Crippen LogP contribution in [-0.4, -0.2) is 6.71 Å². The van der Waals surface area contributed by atoms with Gasteiger partial charge in [0.05, 0.1) is 5.69 Å². The SMILES string of the molecule is Cc1cc2c3c(c1)N(c1ccc(C(C)(C)C)cc1-c1ccc(-c4ccccc4)cc1)c1ccc(C(C)(C)c4ccccc4)cc1B3c1cc(C(C)(C)C)ccc1N2c1ccc(C(C)(C)C)cc1. The maximum Gasteiger partial charge on any atom is 0.252 e. The molecule has 0 N–H and O–H groups in total. The van der Waals surface area contributed by atoms with E-state index in [0.717, 1.165) is 0 Å². The van der Waals surface area contributed by atoms with Gasteiger partial charge in [0.25, 0.3) is 6.71 Å². The second kappa shape index (κ2) is 16.0. The molecule has 0 amide bonds. The lowest BCUT2D eigenvalue weighted by Crippen LogP contribution is -2.61. The fourth-order valence-corrected chi connectivity index (χ4v) is 10.6. The third-order valence-electron chi connectivity index (χ3n) is 14.7. The Morgan fingerprint density at radius 1 is 0.343 bits per heavy atom. The first-order chi connectivity index (χ1) is 31.8. The summed E-state index contributed by atoms with van der Waals surface area (Å²) >= 11 is 0. The van der Waals surface area contributed by atoms with Crippen LogP contribution in [0.25, 0.3) is 22.3 Å². The Morgan fingerprint density at radius 3 is 1.37 bits per heavy atom. The van der Waals surface area contributed by atoms with Crippen molar-refractivity contribution in [3.05, 3.63) is 209 Å². The van der Waals surface area contributed by atoms with Crippen LogP contribution in [0.4, 0.5) is 34.1 Å². The molecule has 3 heteroatoms. The summed E-state index contributed by atoms with van der Waals surface area (Å²) in [5.41, 5.74) is 23.8. The zero-order valence-corrected chi connectivity index (χ0v) is 41.7. The van der Waals surface area contributed by atoms with E-state index in [2.05, 4.69) is 269 Å². The monoisotopic (exact) mass is 873 g/mol. The van der Waals surface area contributed by atoms with Crippen molar-refractivity contribution in [1.82, 2.24) is 0 Å². The number of anilines is 6. The number of hydrogen-bond donors (Lipinski definition) is 0. The zero-order chi connectivity index (χ0) is 47.2. The van der Waals surface area contributed by atoms with E-state index in [1.54, 1.807) is 0 Å². The van der Waals surface area contributed by atoms with Gasteiger partial charge in [-0.1, -0.05) is 204 Å². The van der Waals surface area contributed by atoms with Crippen molar-refractivity contribution in [1.29, 1.82) is 0 Å². The van der Waals surface area contributed by atoms with Crippen LogP contribution >= 0.6 is 0 Å². The van der Waals surface area contributed by atoms with Crippen molar-refractivity contribution in [2.24, 2.45) is 0 Å². The molecule has 0 aromatic heterocycles. The van der Waals surface area contributed by atoms with Gasteiger partial charge in [0, 0.05) is 39.4 Å². The first-order valence-corrected chi connectivity index (χ1v) is 24.3. The van der Waals surface area contributed by atoms with Gasteiger partial charge in [-0.15, -0.1) is 0 Å². The maximum absolute atomic E-state index is 2.61. The van der Waals surface area contributed by atoms with Crippen LogP contribution in [0.3, 0.4) is 0 Å². The minimum Gasteiger partial charge on any atom is -0.311 e. The van der Waals surface area contributed by atoms with Crippen LogP contribution in [0.2, 0.25) is 0 Å². The van der Waals surface area contributed by atoms with E-state index in [4.69, 9.17) is 0 Å². The highest BCUT2D eigenvalue weighted by atomic mass is 15.2. The van der Waals surface area contributed by atoms with Crippen molar-refractivity contribution in [3.8, 4) is 22.3 Å². The molecule has 8 aromatic rings. The summed E-state index contributed by atoms with van der Waals surface area (Å²) in [6, 6.07) is 67.2. The molecule has 0 bridgehead atoms. The van der Waals surface area contributed by atoms with Gasteiger partial charge in [0.1, 0.15) is 0 Å². The third kappa shape index (κ3) is 7.81. The third-order valence-corrected chi connectivity index (χ3v) is 14.7. The molecule has 0 spiro atoms. The van der Waals surface area contributed by atoms with E-state index in [9.17, 15) is 0 Å². The van der Waals surface area contributed by atoms with Crippen LogP contribution in [0, 0.1) is 6.92 Å². The molecule has 334 valence electrons. The molecular weight excluding hydrogens is 808 g/mol. The molecule has 0 unspecified atom stereocenters. The molecule has 2 heterocycles. The van der Waals surface area contributed by atoms with Crippen molar-refractivity contribution in [3.63, 3.8) is 0 Å². The van der Waals surface area contributed by atoms with E-state index in [0.29, 0.717) is 0 Å². The van der Waals surface area contributed by atoms with E-state index in [1.807, 2.05) is 0 Å². The topological polar surface area (TPSA) is 6.48 Å². The summed E-state index contributed by atoms with van der Waals surface area (Å²) < 4.78 is 0. The Balaban J connectivity index is 1.28. The minimum absolute atomic E-state index is 0.00627. The van der Waals surface area contributed by atoms with Gasteiger partial charge >= 0.3 is 0 Å². The van der Waals surface area contributed by atoms with Gasteiger partial charge in [0.2, 0.25) is 0 Å². The van der Waals surface area contributed by atoms with Gasteiger partial charge in [0.15, 0.2) is 0 Å². The quantitative estimate of drug-likeness (QED) is 0.154. The molecular formula is C64H65BN2. The maximum atomic E-state index is 2.61. The molecule has 0 radical (unpaired) electrons. The number of fused-ring (bicyclic) bond motifs is 4. The van der Waals surface area contributed by atoms with Crippen LogP contribution in [0.15, 0.2) is 176 Å². The minimum atomic E-state index is -0.233. The van der Waals surface area contributed by atoms with Gasteiger partial charge in [-0.3, -0.25) is 0 Å². The Labute approximate surface area is 401 Å². The second-order valence-electron chi connectivity index (χ2n) is 22.8. The average Bonchev–Trinajstić information content (AvgIpc) is 3.30. The fourth-order valence-electron chi connectivity index (χ4n) is 10.6. The molecule has 2 aliphatic rings. The highest BCUT2D eigenvalue weighted by Gasteiger charge is 2.45. The molecule has 0 saturated heterocycles. The molecule has 0 saturated carbocycles. The number of aryl methyl sites for hydroxylation is 1. The highest BCUT2D eigenvalue weighted by Crippen LogP contribution is 2.49. The predicted molar refractivity (Wildman–Crippen MR) is 291 cm³/mol. The molecule has 2 nitrogen and oxygen atoms in total. The first-order valence-electron chi connectivity index (χ1n) is 24.3. The van der Waals surface area contributed by atoms with Crippen LogP contribution in [-0.2, 0) is 21.7 Å². The number of benzene rings is 8. The lowest BCUT2D eigenvalue weighted by Gasteiger charge is -2.45. The molecule has 0 aliphatic carbocycles. The predicted octanol–water partition coefficient (Wildman–Crippen LogP) is 15.6. The summed E-state index contributed by atoms with van der Waals surface area (Å²) in [7, 11) is 0. The Morgan fingerprint density at radius 2 is 0.791 bits per heavy atom. The average molecular weight is 873 g/mol. The second-order valence-corrected chi connectivity index (χ2v) is 22.8. The summed E-state index contributed by atoms with van der Waals surface area (Å²) in [5.74, 6) is 0. The molecule has 0 fully saturated rings. The number of hydrogen-bond acceptors (Lipinski definition) is 2. The lowest BCUT2D eigenvalue weighted by atomic mass is 9.33. The van der Waals surface area contributed by atoms with E-state index >= 15 is 0 Å². The van der Waals surface area contributed by atoms with Crippen LogP contribution < -0.4 is 26.2 Å². The normalized spacial score (nSPS) is 13.6. The summed E-state index contributed by atoms with van der Waals surface area (Å²) in [5, 5.41) is 0. The number of rotatable bonds is 6. The Hall–Kier alpha value is -6.58. The van der Waals surface area contributed by atoms with Crippen molar-refractivity contribution < 1.29 is 0 Å². The van der Waals surface area contributed by atoms with Crippen molar-refractivity contribution in [2.45, 2.75) is 105 Å². The fraction of sp³-hybridized carbons (Fsp3) is 0.250. The first kappa shape index (κ1) is 44.3. The molecule has 67 heavy (non-hydrogen) atoms. The summed E-state index contributed by atoms with van der Waals surface area (Å²) in [6.45, 7) is 27.9. The Kier molecular flexibility index (Phi) is 10.6. The van der Waals surface area contributed by atoms with Gasteiger partial charge in [-0.25, -0.2) is 0 Å². The summed E-state index contributed by atoms with van der Waals surface area (Å²) in [4.78, 5) is 5.17.